The minimum atomic E-state index is -0.0543. The molecular weight excluding hydrogens is 328 g/mol. The van der Waals surface area contributed by atoms with Crippen LogP contribution in [0.4, 0.5) is 5.13 Å². The van der Waals surface area contributed by atoms with Crippen molar-refractivity contribution in [2.45, 2.75) is 32.2 Å². The lowest BCUT2D eigenvalue weighted by Crippen LogP contribution is -2.19. The predicted octanol–water partition coefficient (Wildman–Crippen LogP) is 4.14. The Bertz CT molecular complexity index is 713. The summed E-state index contributed by atoms with van der Waals surface area (Å²) < 4.78 is 2.06. The number of nitrogens with zero attached hydrogens (tertiary/aromatic N) is 3. The Morgan fingerprint density at radius 3 is 2.70 bits per heavy atom. The second-order valence-corrected chi connectivity index (χ2v) is 7.34. The lowest BCUT2D eigenvalue weighted by molar-refractivity contribution is -0.116. The fraction of sp³-hybridized carbons (Fsp3) is 0.312. The van der Waals surface area contributed by atoms with E-state index in [0.717, 1.165) is 10.6 Å². The van der Waals surface area contributed by atoms with Crippen molar-refractivity contribution in [1.29, 1.82) is 0 Å². The molecule has 7 heteroatoms. The molecule has 0 aliphatic rings. The summed E-state index contributed by atoms with van der Waals surface area (Å²) in [6.45, 7) is 4.12. The monoisotopic (exact) mass is 346 g/mol. The van der Waals surface area contributed by atoms with E-state index in [0.29, 0.717) is 17.5 Å². The molecule has 1 atom stereocenters. The van der Waals surface area contributed by atoms with Gasteiger partial charge < -0.3 is 9.88 Å². The molecule has 3 heterocycles. The molecule has 120 valence electrons. The van der Waals surface area contributed by atoms with Crippen LogP contribution in [0.3, 0.4) is 0 Å². The number of nitrogens with one attached hydrogen (secondary N) is 1. The summed E-state index contributed by atoms with van der Waals surface area (Å²) in [5.74, 6) is 0.262. The van der Waals surface area contributed by atoms with Gasteiger partial charge in [0.05, 0.1) is 12.5 Å². The molecule has 0 aliphatic heterocycles. The predicted molar refractivity (Wildman–Crippen MR) is 94.1 cm³/mol. The number of carbonyl (C=O) groups excluding carboxylic acids is 1. The van der Waals surface area contributed by atoms with Crippen LogP contribution in [-0.2, 0) is 4.79 Å². The van der Waals surface area contributed by atoms with Gasteiger partial charge in [-0.2, -0.15) is 11.3 Å². The highest BCUT2D eigenvalue weighted by Crippen LogP contribution is 2.26. The molecule has 23 heavy (non-hydrogen) atoms. The maximum absolute atomic E-state index is 12.4. The molecule has 3 aromatic rings. The van der Waals surface area contributed by atoms with Crippen LogP contribution in [0, 0.1) is 0 Å². The summed E-state index contributed by atoms with van der Waals surface area (Å²) >= 11 is 3.07. The SMILES string of the molecule is CC(C)c1nnc(NC(=O)C[C@@H](c2ccsc2)n2cccc2)s1. The van der Waals surface area contributed by atoms with Crippen molar-refractivity contribution >= 4 is 33.7 Å². The van der Waals surface area contributed by atoms with E-state index in [1.165, 1.54) is 11.3 Å². The topological polar surface area (TPSA) is 59.8 Å². The van der Waals surface area contributed by atoms with Crippen molar-refractivity contribution in [1.82, 2.24) is 14.8 Å². The average Bonchev–Trinajstić information content (AvgIpc) is 3.26. The molecule has 0 saturated carbocycles. The first-order valence-corrected chi connectivity index (χ1v) is 9.17. The van der Waals surface area contributed by atoms with Gasteiger partial charge in [0.25, 0.3) is 0 Å². The Hall–Kier alpha value is -1.99. The molecule has 3 aromatic heterocycles. The third kappa shape index (κ3) is 3.86. The van der Waals surface area contributed by atoms with Crippen molar-refractivity contribution in [3.8, 4) is 0 Å². The molecule has 1 amide bonds. The van der Waals surface area contributed by atoms with Gasteiger partial charge in [0, 0.05) is 18.3 Å². The van der Waals surface area contributed by atoms with Crippen molar-refractivity contribution < 1.29 is 4.79 Å². The van der Waals surface area contributed by atoms with E-state index in [1.807, 2.05) is 29.9 Å². The molecule has 5 nitrogen and oxygen atoms in total. The first-order valence-electron chi connectivity index (χ1n) is 7.41. The first-order chi connectivity index (χ1) is 11.1. The van der Waals surface area contributed by atoms with Gasteiger partial charge in [-0.25, -0.2) is 0 Å². The summed E-state index contributed by atoms with van der Waals surface area (Å²) in [7, 11) is 0. The van der Waals surface area contributed by atoms with Crippen LogP contribution in [0.1, 0.15) is 42.8 Å². The maximum Gasteiger partial charge on any atom is 0.228 e. The van der Waals surface area contributed by atoms with E-state index in [1.54, 1.807) is 11.3 Å². The average molecular weight is 346 g/mol. The van der Waals surface area contributed by atoms with Crippen LogP contribution in [0.25, 0.3) is 0 Å². The van der Waals surface area contributed by atoms with Crippen molar-refractivity contribution in [2.24, 2.45) is 0 Å². The quantitative estimate of drug-likeness (QED) is 0.729. The van der Waals surface area contributed by atoms with E-state index >= 15 is 0 Å². The second-order valence-electron chi connectivity index (χ2n) is 5.56. The van der Waals surface area contributed by atoms with Crippen LogP contribution in [-0.4, -0.2) is 20.7 Å². The number of amides is 1. The maximum atomic E-state index is 12.4. The number of carbonyl (C=O) groups is 1. The number of hydrogen-bond donors (Lipinski definition) is 1. The molecule has 0 unspecified atom stereocenters. The second kappa shape index (κ2) is 7.06. The standard InChI is InChI=1S/C16H18N4OS2/c1-11(2)15-18-19-16(23-15)17-14(21)9-13(12-5-8-22-10-12)20-6-3-4-7-20/h3-8,10-11,13H,9H2,1-2H3,(H,17,19,21)/t13-/m0/s1. The van der Waals surface area contributed by atoms with E-state index in [2.05, 4.69) is 45.4 Å². The normalized spacial score (nSPS) is 12.5. The number of aromatic nitrogens is 3. The number of rotatable bonds is 6. The van der Waals surface area contributed by atoms with Crippen LogP contribution < -0.4 is 5.32 Å². The number of hydrogen-bond acceptors (Lipinski definition) is 5. The zero-order chi connectivity index (χ0) is 16.2. The lowest BCUT2D eigenvalue weighted by atomic mass is 10.1. The Balaban J connectivity index is 1.71. The Labute approximate surface area is 143 Å². The van der Waals surface area contributed by atoms with Gasteiger partial charge >= 0.3 is 0 Å². The summed E-state index contributed by atoms with van der Waals surface area (Å²) in [4.78, 5) is 12.4. The van der Waals surface area contributed by atoms with E-state index in [9.17, 15) is 4.79 Å². The van der Waals surface area contributed by atoms with Gasteiger partial charge in [0.1, 0.15) is 5.01 Å². The fourth-order valence-corrected chi connectivity index (χ4v) is 3.75. The van der Waals surface area contributed by atoms with Gasteiger partial charge in [-0.05, 0) is 34.5 Å². The van der Waals surface area contributed by atoms with Crippen LogP contribution in [0.15, 0.2) is 41.4 Å². The summed E-state index contributed by atoms with van der Waals surface area (Å²) in [5, 5.41) is 16.6. The van der Waals surface area contributed by atoms with Gasteiger partial charge in [-0.15, -0.1) is 10.2 Å². The van der Waals surface area contributed by atoms with Gasteiger partial charge in [-0.3, -0.25) is 4.79 Å². The van der Waals surface area contributed by atoms with Crippen LogP contribution in [0.5, 0.6) is 0 Å². The van der Waals surface area contributed by atoms with Gasteiger partial charge in [-0.1, -0.05) is 25.2 Å². The minimum absolute atomic E-state index is 0.00580. The van der Waals surface area contributed by atoms with E-state index in [4.69, 9.17) is 0 Å². The molecule has 0 aromatic carbocycles. The molecule has 1 N–H and O–H groups in total. The highest BCUT2D eigenvalue weighted by atomic mass is 32.1. The first kappa shape index (κ1) is 15.9. The minimum Gasteiger partial charge on any atom is -0.346 e. The molecule has 0 spiro atoms. The molecule has 0 bridgehead atoms. The number of anilines is 1. The van der Waals surface area contributed by atoms with Gasteiger partial charge in [0.2, 0.25) is 11.0 Å². The van der Waals surface area contributed by atoms with E-state index < -0.39 is 0 Å². The molecule has 3 rings (SSSR count). The smallest absolute Gasteiger partial charge is 0.228 e. The van der Waals surface area contributed by atoms with Crippen LogP contribution >= 0.6 is 22.7 Å². The third-order valence-corrected chi connectivity index (χ3v) is 5.32. The molecule has 0 aliphatic carbocycles. The van der Waals surface area contributed by atoms with E-state index in [-0.39, 0.29) is 11.9 Å². The molecule has 0 radical (unpaired) electrons. The third-order valence-electron chi connectivity index (χ3n) is 3.47. The molecule has 0 saturated heterocycles. The highest BCUT2D eigenvalue weighted by Gasteiger charge is 2.19. The Morgan fingerprint density at radius 1 is 1.30 bits per heavy atom. The highest BCUT2D eigenvalue weighted by molar-refractivity contribution is 7.15. The zero-order valence-corrected chi connectivity index (χ0v) is 14.6. The zero-order valence-electron chi connectivity index (χ0n) is 13.0. The lowest BCUT2D eigenvalue weighted by Gasteiger charge is -2.17. The number of thiophene rings is 1. The van der Waals surface area contributed by atoms with Gasteiger partial charge in [0.15, 0.2) is 0 Å². The fourth-order valence-electron chi connectivity index (χ4n) is 2.28. The summed E-state index contributed by atoms with van der Waals surface area (Å²) in [6.07, 6.45) is 4.33. The molecular formula is C16H18N4OS2. The Morgan fingerprint density at radius 2 is 2.09 bits per heavy atom. The summed E-state index contributed by atoms with van der Waals surface area (Å²) in [6, 6.07) is 5.99. The summed E-state index contributed by atoms with van der Waals surface area (Å²) in [5.41, 5.74) is 1.14. The van der Waals surface area contributed by atoms with Crippen molar-refractivity contribution in [2.75, 3.05) is 5.32 Å². The van der Waals surface area contributed by atoms with Crippen LogP contribution in [0.2, 0.25) is 0 Å². The van der Waals surface area contributed by atoms with Crippen molar-refractivity contribution in [3.05, 3.63) is 51.9 Å². The van der Waals surface area contributed by atoms with Crippen molar-refractivity contribution in [3.63, 3.8) is 0 Å². The molecule has 0 fully saturated rings. The Kier molecular flexibility index (Phi) is 4.88. The largest absolute Gasteiger partial charge is 0.346 e.